The van der Waals surface area contributed by atoms with Gasteiger partial charge >= 0.3 is 0 Å². The van der Waals surface area contributed by atoms with Crippen LogP contribution in [0, 0.1) is 21.4 Å². The maximum Gasteiger partial charge on any atom is 0.295 e. The van der Waals surface area contributed by atoms with Gasteiger partial charge in [-0.2, -0.15) is 5.26 Å². The van der Waals surface area contributed by atoms with Crippen LogP contribution in [0.3, 0.4) is 0 Å². The molecule has 1 N–H and O–H groups in total. The summed E-state index contributed by atoms with van der Waals surface area (Å²) in [6.07, 6.45) is 2.36. The van der Waals surface area contributed by atoms with E-state index in [4.69, 9.17) is 0 Å². The SMILES string of the molecule is N#CC(=C1CCN(C(=O)C(=O)c2c[nH]c3c([N+](=O)[O-])cccc23)CC1)c1ccccc1. The average Bonchev–Trinajstić information content (AvgIpc) is 3.24. The van der Waals surface area contributed by atoms with Crippen LogP contribution < -0.4 is 0 Å². The third-order valence-corrected chi connectivity index (χ3v) is 5.51. The number of allylic oxidation sites excluding steroid dienone is 1. The van der Waals surface area contributed by atoms with Crippen molar-refractivity contribution in [1.82, 2.24) is 9.88 Å². The smallest absolute Gasteiger partial charge is 0.295 e. The van der Waals surface area contributed by atoms with Gasteiger partial charge in [0.2, 0.25) is 0 Å². The van der Waals surface area contributed by atoms with Crippen LogP contribution in [0.25, 0.3) is 16.5 Å². The number of likely N-dealkylation sites (tertiary alicyclic amines) is 1. The molecule has 0 bridgehead atoms. The number of nitrogens with zero attached hydrogens (tertiary/aromatic N) is 3. The largest absolute Gasteiger partial charge is 0.355 e. The van der Waals surface area contributed by atoms with Crippen LogP contribution >= 0.6 is 0 Å². The highest BCUT2D eigenvalue weighted by atomic mass is 16.6. The van der Waals surface area contributed by atoms with Crippen molar-refractivity contribution in [3.05, 3.63) is 81.5 Å². The molecule has 1 fully saturated rings. The lowest BCUT2D eigenvalue weighted by molar-refractivity contribution is -0.383. The molecule has 0 radical (unpaired) electrons. The summed E-state index contributed by atoms with van der Waals surface area (Å²) in [5.74, 6) is -1.35. The van der Waals surface area contributed by atoms with E-state index in [1.54, 1.807) is 6.07 Å². The van der Waals surface area contributed by atoms with Crippen molar-refractivity contribution in [1.29, 1.82) is 5.26 Å². The Morgan fingerprint density at radius 2 is 1.77 bits per heavy atom. The first-order valence-corrected chi connectivity index (χ1v) is 9.77. The van der Waals surface area contributed by atoms with Crippen LogP contribution in [0.2, 0.25) is 0 Å². The van der Waals surface area contributed by atoms with Gasteiger partial charge in [-0.05, 0) is 24.0 Å². The molecule has 1 aliphatic rings. The van der Waals surface area contributed by atoms with Gasteiger partial charge in [0.15, 0.2) is 0 Å². The van der Waals surface area contributed by atoms with Gasteiger partial charge < -0.3 is 9.88 Å². The highest BCUT2D eigenvalue weighted by molar-refractivity contribution is 6.45. The Bertz CT molecular complexity index is 1260. The summed E-state index contributed by atoms with van der Waals surface area (Å²) in [6.45, 7) is 0.668. The van der Waals surface area contributed by atoms with Gasteiger partial charge in [-0.1, -0.05) is 42.5 Å². The van der Waals surface area contributed by atoms with Crippen molar-refractivity contribution in [2.75, 3.05) is 13.1 Å². The number of carbonyl (C=O) groups excluding carboxylic acids is 2. The molecule has 1 saturated heterocycles. The quantitative estimate of drug-likeness (QED) is 0.228. The van der Waals surface area contributed by atoms with E-state index in [0.717, 1.165) is 11.1 Å². The molecule has 2 heterocycles. The first-order valence-electron chi connectivity index (χ1n) is 9.77. The molecule has 2 aromatic carbocycles. The second-order valence-corrected chi connectivity index (χ2v) is 7.24. The molecular weight excluding hydrogens is 396 g/mol. The fourth-order valence-electron chi connectivity index (χ4n) is 3.92. The third-order valence-electron chi connectivity index (χ3n) is 5.51. The summed E-state index contributed by atoms with van der Waals surface area (Å²) in [4.78, 5) is 40.5. The number of nitro groups is 1. The number of aromatic amines is 1. The third kappa shape index (κ3) is 3.69. The van der Waals surface area contributed by atoms with Crippen LogP contribution in [-0.2, 0) is 4.79 Å². The number of amides is 1. The van der Waals surface area contributed by atoms with E-state index in [9.17, 15) is 25.0 Å². The van der Waals surface area contributed by atoms with E-state index in [2.05, 4.69) is 11.1 Å². The highest BCUT2D eigenvalue weighted by Crippen LogP contribution is 2.29. The minimum Gasteiger partial charge on any atom is -0.355 e. The standard InChI is InChI=1S/C23H18N4O4/c24-13-18(15-5-2-1-3-6-15)16-9-11-26(12-10-16)23(29)22(28)19-14-25-21-17(19)7-4-8-20(21)27(30)31/h1-8,14,25H,9-12H2. The zero-order valence-corrected chi connectivity index (χ0v) is 16.5. The Labute approximate surface area is 177 Å². The zero-order valence-electron chi connectivity index (χ0n) is 16.5. The number of piperidine rings is 1. The Balaban J connectivity index is 1.53. The minimum atomic E-state index is -0.706. The van der Waals surface area contributed by atoms with Gasteiger partial charge in [-0.25, -0.2) is 0 Å². The molecule has 31 heavy (non-hydrogen) atoms. The van der Waals surface area contributed by atoms with E-state index < -0.39 is 16.6 Å². The topological polar surface area (TPSA) is 120 Å². The second kappa shape index (κ2) is 8.24. The fraction of sp³-hybridized carbons (Fsp3) is 0.174. The number of ketones is 1. The van der Waals surface area contributed by atoms with Crippen molar-refractivity contribution in [2.45, 2.75) is 12.8 Å². The predicted molar refractivity (Wildman–Crippen MR) is 114 cm³/mol. The molecule has 4 rings (SSSR count). The number of benzene rings is 2. The number of rotatable bonds is 4. The predicted octanol–water partition coefficient (Wildman–Crippen LogP) is 3.86. The van der Waals surface area contributed by atoms with Crippen molar-refractivity contribution in [2.24, 2.45) is 0 Å². The Kier molecular flexibility index (Phi) is 5.33. The monoisotopic (exact) mass is 414 g/mol. The molecule has 1 aliphatic heterocycles. The van der Waals surface area contributed by atoms with Gasteiger partial charge in [0.1, 0.15) is 5.52 Å². The van der Waals surface area contributed by atoms with E-state index >= 15 is 0 Å². The number of nitro benzene ring substituents is 1. The first kappa shape index (κ1) is 20.0. The molecule has 3 aromatic rings. The number of carbonyl (C=O) groups is 2. The number of hydrogen-bond donors (Lipinski definition) is 1. The maximum atomic E-state index is 12.8. The lowest BCUT2D eigenvalue weighted by atomic mass is 9.93. The van der Waals surface area contributed by atoms with Crippen LogP contribution in [0.4, 0.5) is 5.69 Å². The number of nitrogens with one attached hydrogen (secondary N) is 1. The number of hydrogen-bond acceptors (Lipinski definition) is 5. The normalized spacial score (nSPS) is 13.6. The molecule has 0 unspecified atom stereocenters. The summed E-state index contributed by atoms with van der Waals surface area (Å²) in [7, 11) is 0. The summed E-state index contributed by atoms with van der Waals surface area (Å²) < 4.78 is 0. The number of H-pyrrole nitrogens is 1. The summed E-state index contributed by atoms with van der Waals surface area (Å²) in [6, 6.07) is 16.0. The molecule has 1 aromatic heterocycles. The van der Waals surface area contributed by atoms with Gasteiger partial charge in [0.25, 0.3) is 17.4 Å². The number of fused-ring (bicyclic) bond motifs is 1. The minimum absolute atomic E-state index is 0.118. The lowest BCUT2D eigenvalue weighted by Crippen LogP contribution is -2.40. The fourth-order valence-corrected chi connectivity index (χ4v) is 3.92. The molecule has 0 aliphatic carbocycles. The molecule has 0 spiro atoms. The van der Waals surface area contributed by atoms with E-state index in [-0.39, 0.29) is 16.8 Å². The van der Waals surface area contributed by atoms with E-state index in [1.165, 1.54) is 23.2 Å². The lowest BCUT2D eigenvalue weighted by Gasteiger charge is -2.28. The van der Waals surface area contributed by atoms with Gasteiger partial charge in [-0.3, -0.25) is 19.7 Å². The Hall–Kier alpha value is -4.25. The Morgan fingerprint density at radius 1 is 1.06 bits per heavy atom. The van der Waals surface area contributed by atoms with E-state index in [0.29, 0.717) is 36.9 Å². The highest BCUT2D eigenvalue weighted by Gasteiger charge is 2.29. The van der Waals surface area contributed by atoms with Crippen molar-refractivity contribution >= 4 is 33.9 Å². The molecule has 8 nitrogen and oxygen atoms in total. The molecule has 8 heteroatoms. The summed E-state index contributed by atoms with van der Waals surface area (Å²) in [5, 5.41) is 21.1. The summed E-state index contributed by atoms with van der Waals surface area (Å²) >= 11 is 0. The van der Waals surface area contributed by atoms with Gasteiger partial charge in [0, 0.05) is 30.7 Å². The van der Waals surface area contributed by atoms with Crippen molar-refractivity contribution < 1.29 is 14.5 Å². The molecular formula is C23H18N4O4. The number of non-ortho nitro benzene ring substituents is 1. The molecule has 0 saturated carbocycles. The van der Waals surface area contributed by atoms with Crippen LogP contribution in [0.5, 0.6) is 0 Å². The summed E-state index contributed by atoms with van der Waals surface area (Å²) in [5.41, 5.74) is 2.61. The Morgan fingerprint density at radius 3 is 2.42 bits per heavy atom. The van der Waals surface area contributed by atoms with Crippen LogP contribution in [0.15, 0.2) is 60.3 Å². The molecule has 0 atom stereocenters. The van der Waals surface area contributed by atoms with Crippen LogP contribution in [0.1, 0.15) is 28.8 Å². The number of para-hydroxylation sites is 1. The van der Waals surface area contributed by atoms with E-state index in [1.807, 2.05) is 30.3 Å². The van der Waals surface area contributed by atoms with Crippen molar-refractivity contribution in [3.63, 3.8) is 0 Å². The second-order valence-electron chi connectivity index (χ2n) is 7.24. The number of nitriles is 1. The van der Waals surface area contributed by atoms with Crippen molar-refractivity contribution in [3.8, 4) is 6.07 Å². The maximum absolute atomic E-state index is 12.8. The number of aromatic nitrogens is 1. The van der Waals surface area contributed by atoms with Gasteiger partial charge in [-0.15, -0.1) is 0 Å². The number of Topliss-reactive ketones (excluding diaryl/α,β-unsaturated/α-hetero) is 1. The van der Waals surface area contributed by atoms with Gasteiger partial charge in [0.05, 0.1) is 22.1 Å². The first-order chi connectivity index (χ1) is 15.0. The zero-order chi connectivity index (χ0) is 22.0. The molecule has 154 valence electrons. The molecule has 1 amide bonds. The average molecular weight is 414 g/mol. The van der Waals surface area contributed by atoms with Crippen LogP contribution in [-0.4, -0.2) is 39.6 Å².